The Kier molecular flexibility index (Phi) is 2.83. The van der Waals surface area contributed by atoms with Crippen LogP contribution >= 0.6 is 0 Å². The molecule has 1 saturated carbocycles. The zero-order valence-corrected chi connectivity index (χ0v) is 9.67. The highest BCUT2D eigenvalue weighted by atomic mass is 16.5. The van der Waals surface area contributed by atoms with Crippen molar-refractivity contribution in [2.75, 3.05) is 13.2 Å². The smallest absolute Gasteiger partial charge is 0.122 e. The van der Waals surface area contributed by atoms with Crippen LogP contribution in [0, 0.1) is 5.92 Å². The van der Waals surface area contributed by atoms with Crippen molar-refractivity contribution >= 4 is 0 Å². The van der Waals surface area contributed by atoms with Crippen LogP contribution in [0.15, 0.2) is 18.2 Å². The predicted molar refractivity (Wildman–Crippen MR) is 64.7 cm³/mol. The van der Waals surface area contributed by atoms with Gasteiger partial charge in [0.05, 0.1) is 6.61 Å². The highest BCUT2D eigenvalue weighted by molar-refractivity contribution is 5.39. The average molecular weight is 217 g/mol. The second kappa shape index (κ2) is 4.46. The molecule has 16 heavy (non-hydrogen) atoms. The molecule has 1 N–H and O–H groups in total. The monoisotopic (exact) mass is 217 g/mol. The molecule has 2 heteroatoms. The SMILES string of the molecule is c1cc2c(cc1CNCCC1CC1)CCO2. The zero-order chi connectivity index (χ0) is 10.8. The lowest BCUT2D eigenvalue weighted by Crippen LogP contribution is -2.15. The normalized spacial score (nSPS) is 18.2. The standard InChI is InChI=1S/C14H19NO/c1-2-11(1)5-7-15-10-12-3-4-14-13(9-12)6-8-16-14/h3-4,9,11,15H,1-2,5-8,10H2. The maximum absolute atomic E-state index is 5.50. The second-order valence-electron chi connectivity index (χ2n) is 4.95. The van der Waals surface area contributed by atoms with E-state index in [-0.39, 0.29) is 0 Å². The number of fused-ring (bicyclic) bond motifs is 1. The van der Waals surface area contributed by atoms with Gasteiger partial charge in [0.25, 0.3) is 0 Å². The molecule has 0 amide bonds. The maximum atomic E-state index is 5.50. The fourth-order valence-electron chi connectivity index (χ4n) is 2.30. The maximum Gasteiger partial charge on any atom is 0.122 e. The van der Waals surface area contributed by atoms with Gasteiger partial charge in [-0.3, -0.25) is 0 Å². The van der Waals surface area contributed by atoms with Gasteiger partial charge in [0.15, 0.2) is 0 Å². The summed E-state index contributed by atoms with van der Waals surface area (Å²) in [7, 11) is 0. The Bertz CT molecular complexity index is 371. The van der Waals surface area contributed by atoms with E-state index in [9.17, 15) is 0 Å². The van der Waals surface area contributed by atoms with E-state index in [0.717, 1.165) is 37.8 Å². The van der Waals surface area contributed by atoms with E-state index in [1.54, 1.807) is 0 Å². The molecule has 2 nitrogen and oxygen atoms in total. The van der Waals surface area contributed by atoms with Crippen LogP contribution in [0.4, 0.5) is 0 Å². The Morgan fingerprint density at radius 1 is 1.31 bits per heavy atom. The van der Waals surface area contributed by atoms with Crippen LogP contribution in [0.1, 0.15) is 30.4 Å². The summed E-state index contributed by atoms with van der Waals surface area (Å²) in [5.41, 5.74) is 2.77. The number of ether oxygens (including phenoxy) is 1. The molecular formula is C14H19NO. The molecule has 0 unspecified atom stereocenters. The fraction of sp³-hybridized carbons (Fsp3) is 0.571. The summed E-state index contributed by atoms with van der Waals surface area (Å²) in [6, 6.07) is 6.57. The quantitative estimate of drug-likeness (QED) is 0.765. The van der Waals surface area contributed by atoms with E-state index in [1.807, 2.05) is 0 Å². The summed E-state index contributed by atoms with van der Waals surface area (Å²) in [5.74, 6) is 2.11. The first-order valence-electron chi connectivity index (χ1n) is 6.37. The highest BCUT2D eigenvalue weighted by Gasteiger charge is 2.20. The number of nitrogens with one attached hydrogen (secondary N) is 1. The van der Waals surface area contributed by atoms with Crippen molar-refractivity contribution in [1.82, 2.24) is 5.32 Å². The molecule has 3 rings (SSSR count). The van der Waals surface area contributed by atoms with Crippen molar-refractivity contribution in [2.45, 2.75) is 32.2 Å². The van der Waals surface area contributed by atoms with Crippen molar-refractivity contribution in [1.29, 1.82) is 0 Å². The van der Waals surface area contributed by atoms with E-state index < -0.39 is 0 Å². The first-order valence-corrected chi connectivity index (χ1v) is 6.37. The van der Waals surface area contributed by atoms with Crippen LogP contribution in [-0.4, -0.2) is 13.2 Å². The van der Waals surface area contributed by atoms with Crippen molar-refractivity contribution in [3.8, 4) is 5.75 Å². The van der Waals surface area contributed by atoms with Crippen LogP contribution in [0.25, 0.3) is 0 Å². The summed E-state index contributed by atoms with van der Waals surface area (Å²) in [6.45, 7) is 3.02. The van der Waals surface area contributed by atoms with Crippen LogP contribution in [0.2, 0.25) is 0 Å². The van der Waals surface area contributed by atoms with Crippen LogP contribution in [0.5, 0.6) is 5.75 Å². The van der Waals surface area contributed by atoms with Gasteiger partial charge in [-0.2, -0.15) is 0 Å². The third-order valence-electron chi connectivity index (χ3n) is 3.51. The Morgan fingerprint density at radius 3 is 3.12 bits per heavy atom. The summed E-state index contributed by atoms with van der Waals surface area (Å²) in [6.07, 6.45) is 5.34. The number of hydrogen-bond acceptors (Lipinski definition) is 2. The summed E-state index contributed by atoms with van der Waals surface area (Å²) >= 11 is 0. The van der Waals surface area contributed by atoms with Gasteiger partial charge in [-0.15, -0.1) is 0 Å². The van der Waals surface area contributed by atoms with E-state index in [1.165, 1.54) is 30.4 Å². The molecule has 1 fully saturated rings. The molecule has 0 radical (unpaired) electrons. The van der Waals surface area contributed by atoms with Gasteiger partial charge in [-0.05, 0) is 36.1 Å². The van der Waals surface area contributed by atoms with Gasteiger partial charge in [0, 0.05) is 13.0 Å². The molecule has 1 aliphatic heterocycles. The van der Waals surface area contributed by atoms with Crippen molar-refractivity contribution < 1.29 is 4.74 Å². The predicted octanol–water partition coefficient (Wildman–Crippen LogP) is 2.51. The van der Waals surface area contributed by atoms with Crippen LogP contribution < -0.4 is 10.1 Å². The minimum atomic E-state index is 0.855. The second-order valence-corrected chi connectivity index (χ2v) is 4.95. The van der Waals surface area contributed by atoms with Gasteiger partial charge in [0.2, 0.25) is 0 Å². The minimum absolute atomic E-state index is 0.855. The average Bonchev–Trinajstić information content (AvgIpc) is 3.01. The lowest BCUT2D eigenvalue weighted by atomic mass is 10.1. The number of rotatable bonds is 5. The molecule has 1 aromatic carbocycles. The molecular weight excluding hydrogens is 198 g/mol. The third kappa shape index (κ3) is 2.38. The molecule has 86 valence electrons. The molecule has 2 aliphatic rings. The molecule has 0 saturated heterocycles. The largest absolute Gasteiger partial charge is 0.493 e. The highest BCUT2D eigenvalue weighted by Crippen LogP contribution is 2.31. The van der Waals surface area contributed by atoms with E-state index in [0.29, 0.717) is 0 Å². The Labute approximate surface area is 97.0 Å². The van der Waals surface area contributed by atoms with Gasteiger partial charge >= 0.3 is 0 Å². The van der Waals surface area contributed by atoms with Crippen molar-refractivity contribution in [3.05, 3.63) is 29.3 Å². The topological polar surface area (TPSA) is 21.3 Å². The molecule has 0 bridgehead atoms. The van der Waals surface area contributed by atoms with Gasteiger partial charge in [-0.1, -0.05) is 25.0 Å². The fourth-order valence-corrected chi connectivity index (χ4v) is 2.30. The summed E-state index contributed by atoms with van der Waals surface area (Å²) in [5, 5.41) is 3.52. The van der Waals surface area contributed by atoms with E-state index in [2.05, 4.69) is 23.5 Å². The number of benzene rings is 1. The Balaban J connectivity index is 1.49. The zero-order valence-electron chi connectivity index (χ0n) is 9.67. The first kappa shape index (κ1) is 10.2. The van der Waals surface area contributed by atoms with Crippen LogP contribution in [-0.2, 0) is 13.0 Å². The molecule has 0 aromatic heterocycles. The van der Waals surface area contributed by atoms with E-state index >= 15 is 0 Å². The van der Waals surface area contributed by atoms with Crippen molar-refractivity contribution in [3.63, 3.8) is 0 Å². The Hall–Kier alpha value is -1.02. The van der Waals surface area contributed by atoms with E-state index in [4.69, 9.17) is 4.74 Å². The van der Waals surface area contributed by atoms with Crippen molar-refractivity contribution in [2.24, 2.45) is 5.92 Å². The molecule has 1 aliphatic carbocycles. The van der Waals surface area contributed by atoms with Gasteiger partial charge in [-0.25, -0.2) is 0 Å². The lowest BCUT2D eigenvalue weighted by molar-refractivity contribution is 0.357. The molecule has 1 aromatic rings. The lowest BCUT2D eigenvalue weighted by Gasteiger charge is -2.06. The van der Waals surface area contributed by atoms with Gasteiger partial charge < -0.3 is 10.1 Å². The Morgan fingerprint density at radius 2 is 2.25 bits per heavy atom. The van der Waals surface area contributed by atoms with Gasteiger partial charge in [0.1, 0.15) is 5.75 Å². The molecule has 0 atom stereocenters. The summed E-state index contributed by atoms with van der Waals surface area (Å²) < 4.78 is 5.50. The number of hydrogen-bond donors (Lipinski definition) is 1. The van der Waals surface area contributed by atoms with Crippen LogP contribution in [0.3, 0.4) is 0 Å². The molecule has 0 spiro atoms. The third-order valence-corrected chi connectivity index (χ3v) is 3.51. The summed E-state index contributed by atoms with van der Waals surface area (Å²) in [4.78, 5) is 0. The molecule has 1 heterocycles. The first-order chi connectivity index (χ1) is 7.92. The minimum Gasteiger partial charge on any atom is -0.493 e.